The third-order valence-corrected chi connectivity index (χ3v) is 5.44. The van der Waals surface area contributed by atoms with Gasteiger partial charge in [0.25, 0.3) is 5.91 Å². The molecule has 0 radical (unpaired) electrons. The Bertz CT molecular complexity index is 855. The van der Waals surface area contributed by atoms with E-state index in [4.69, 9.17) is 9.84 Å². The predicted molar refractivity (Wildman–Crippen MR) is 94.7 cm³/mol. The molecule has 138 valence electrons. The standard InChI is InChI=1S/C17H19N3O5S/c1-25-17(24)14-11-5-3-2-4-6-12(11)26-16(14)19-15(23)10-7-18-20(8-10)9-13(21)22/h7-8H,2-6,9H2,1H3,(H,19,23)(H,21,22). The second kappa shape index (κ2) is 7.69. The van der Waals surface area contributed by atoms with Crippen molar-refractivity contribution in [2.24, 2.45) is 0 Å². The van der Waals surface area contributed by atoms with Crippen LogP contribution in [0.5, 0.6) is 0 Å². The number of carbonyl (C=O) groups excluding carboxylic acids is 2. The molecule has 0 atom stereocenters. The maximum Gasteiger partial charge on any atom is 0.341 e. The molecule has 0 aromatic carbocycles. The summed E-state index contributed by atoms with van der Waals surface area (Å²) in [6, 6.07) is 0. The number of amides is 1. The number of hydrogen-bond acceptors (Lipinski definition) is 6. The van der Waals surface area contributed by atoms with Gasteiger partial charge in [-0.15, -0.1) is 11.3 Å². The van der Waals surface area contributed by atoms with E-state index in [9.17, 15) is 14.4 Å². The zero-order chi connectivity index (χ0) is 18.7. The van der Waals surface area contributed by atoms with Crippen molar-refractivity contribution in [2.75, 3.05) is 12.4 Å². The fourth-order valence-electron chi connectivity index (χ4n) is 3.03. The topological polar surface area (TPSA) is 111 Å². The number of nitrogens with one attached hydrogen (secondary N) is 1. The number of anilines is 1. The molecule has 0 unspecified atom stereocenters. The summed E-state index contributed by atoms with van der Waals surface area (Å²) in [5.74, 6) is -1.94. The summed E-state index contributed by atoms with van der Waals surface area (Å²) >= 11 is 1.41. The van der Waals surface area contributed by atoms with Crippen LogP contribution < -0.4 is 5.32 Å². The molecule has 2 heterocycles. The molecule has 0 saturated heterocycles. The van der Waals surface area contributed by atoms with Gasteiger partial charge in [0.1, 0.15) is 11.5 Å². The maximum absolute atomic E-state index is 12.5. The summed E-state index contributed by atoms with van der Waals surface area (Å²) in [6.45, 7) is -0.325. The third-order valence-electron chi connectivity index (χ3n) is 4.23. The van der Waals surface area contributed by atoms with Crippen LogP contribution in [0.4, 0.5) is 5.00 Å². The number of aromatic nitrogens is 2. The van der Waals surface area contributed by atoms with Crippen molar-refractivity contribution in [1.82, 2.24) is 9.78 Å². The first-order valence-corrected chi connectivity index (χ1v) is 9.09. The van der Waals surface area contributed by atoms with Gasteiger partial charge in [-0.2, -0.15) is 5.10 Å². The molecule has 3 rings (SSSR count). The highest BCUT2D eigenvalue weighted by molar-refractivity contribution is 7.17. The number of aryl methyl sites for hydroxylation is 1. The van der Waals surface area contributed by atoms with Crippen molar-refractivity contribution in [3.63, 3.8) is 0 Å². The van der Waals surface area contributed by atoms with E-state index in [1.807, 2.05) is 0 Å². The summed E-state index contributed by atoms with van der Waals surface area (Å²) in [5.41, 5.74) is 1.63. The highest BCUT2D eigenvalue weighted by Crippen LogP contribution is 2.38. The number of esters is 1. The first-order valence-electron chi connectivity index (χ1n) is 8.28. The van der Waals surface area contributed by atoms with Gasteiger partial charge in [0.05, 0.1) is 24.4 Å². The van der Waals surface area contributed by atoms with Crippen LogP contribution in [0.15, 0.2) is 12.4 Å². The molecule has 2 N–H and O–H groups in total. The minimum atomic E-state index is -1.05. The van der Waals surface area contributed by atoms with Crippen molar-refractivity contribution >= 4 is 34.2 Å². The predicted octanol–water partition coefficient (Wildman–Crippen LogP) is 2.34. The second-order valence-electron chi connectivity index (χ2n) is 6.03. The number of rotatable bonds is 5. The Morgan fingerprint density at radius 1 is 1.31 bits per heavy atom. The van der Waals surface area contributed by atoms with E-state index in [2.05, 4.69) is 10.4 Å². The van der Waals surface area contributed by atoms with Gasteiger partial charge in [0.15, 0.2) is 0 Å². The van der Waals surface area contributed by atoms with Crippen LogP contribution in [-0.2, 0) is 28.9 Å². The van der Waals surface area contributed by atoms with Crippen LogP contribution >= 0.6 is 11.3 Å². The largest absolute Gasteiger partial charge is 0.480 e. The lowest BCUT2D eigenvalue weighted by molar-refractivity contribution is -0.137. The van der Waals surface area contributed by atoms with Crippen LogP contribution in [-0.4, -0.2) is 39.8 Å². The molecule has 8 nitrogen and oxygen atoms in total. The summed E-state index contributed by atoms with van der Waals surface area (Å²) in [5, 5.41) is 15.9. The number of hydrogen-bond donors (Lipinski definition) is 2. The van der Waals surface area contributed by atoms with Gasteiger partial charge in [-0.05, 0) is 31.2 Å². The molecule has 0 saturated carbocycles. The Labute approximate surface area is 153 Å². The molecule has 1 aliphatic rings. The molecule has 2 aromatic rings. The van der Waals surface area contributed by atoms with E-state index >= 15 is 0 Å². The molecule has 0 aliphatic heterocycles. The third kappa shape index (κ3) is 3.77. The minimum absolute atomic E-state index is 0.227. The molecule has 26 heavy (non-hydrogen) atoms. The van der Waals surface area contributed by atoms with Gasteiger partial charge in [0, 0.05) is 11.1 Å². The molecule has 1 aliphatic carbocycles. The molecule has 1 amide bonds. The number of thiophene rings is 1. The Morgan fingerprint density at radius 2 is 2.08 bits per heavy atom. The smallest absolute Gasteiger partial charge is 0.341 e. The Morgan fingerprint density at radius 3 is 2.81 bits per heavy atom. The Hall–Kier alpha value is -2.68. The van der Waals surface area contributed by atoms with Crippen LogP contribution in [0.1, 0.15) is 50.4 Å². The first-order chi connectivity index (χ1) is 12.5. The number of nitrogens with zero attached hydrogens (tertiary/aromatic N) is 2. The summed E-state index contributed by atoms with van der Waals surface area (Å²) in [4.78, 5) is 36.6. The van der Waals surface area contributed by atoms with Gasteiger partial charge >= 0.3 is 11.9 Å². The van der Waals surface area contributed by atoms with Crippen molar-refractivity contribution in [2.45, 2.75) is 38.6 Å². The fourth-order valence-corrected chi connectivity index (χ4v) is 4.30. The summed E-state index contributed by atoms with van der Waals surface area (Å²) in [6.07, 6.45) is 7.52. The molecule has 0 bridgehead atoms. The average molecular weight is 377 g/mol. The van der Waals surface area contributed by atoms with Gasteiger partial charge in [0.2, 0.25) is 0 Å². The first kappa shape index (κ1) is 18.1. The second-order valence-corrected chi connectivity index (χ2v) is 7.14. The quantitative estimate of drug-likeness (QED) is 0.611. The van der Waals surface area contributed by atoms with E-state index in [-0.39, 0.29) is 12.1 Å². The number of methoxy groups -OCH3 is 1. The average Bonchev–Trinajstić information content (AvgIpc) is 3.12. The highest BCUT2D eigenvalue weighted by Gasteiger charge is 2.26. The molecule has 0 spiro atoms. The number of carboxylic acid groups (broad SMARTS) is 1. The highest BCUT2D eigenvalue weighted by atomic mass is 32.1. The zero-order valence-electron chi connectivity index (χ0n) is 14.3. The number of fused-ring (bicyclic) bond motifs is 1. The van der Waals surface area contributed by atoms with Crippen molar-refractivity contribution in [3.8, 4) is 0 Å². The van der Waals surface area contributed by atoms with Gasteiger partial charge < -0.3 is 15.2 Å². The number of carboxylic acids is 1. The van der Waals surface area contributed by atoms with E-state index in [1.165, 1.54) is 35.5 Å². The molecule has 0 fully saturated rings. The fraction of sp³-hybridized carbons (Fsp3) is 0.412. The lowest BCUT2D eigenvalue weighted by atomic mass is 10.1. The number of aliphatic carboxylic acids is 1. The van der Waals surface area contributed by atoms with E-state index in [1.54, 1.807) is 0 Å². The minimum Gasteiger partial charge on any atom is -0.480 e. The van der Waals surface area contributed by atoms with Crippen molar-refractivity contribution in [3.05, 3.63) is 34.0 Å². The summed E-state index contributed by atoms with van der Waals surface area (Å²) < 4.78 is 6.08. The van der Waals surface area contributed by atoms with Gasteiger partial charge in [-0.25, -0.2) is 4.79 Å². The number of ether oxygens (including phenoxy) is 1. The van der Waals surface area contributed by atoms with Crippen LogP contribution in [0, 0.1) is 0 Å². The lowest BCUT2D eigenvalue weighted by Crippen LogP contribution is -2.14. The van der Waals surface area contributed by atoms with Crippen molar-refractivity contribution in [1.29, 1.82) is 0 Å². The molecule has 2 aromatic heterocycles. The Kier molecular flexibility index (Phi) is 5.36. The molecule has 9 heteroatoms. The lowest BCUT2D eigenvalue weighted by Gasteiger charge is -2.06. The van der Waals surface area contributed by atoms with E-state index in [0.717, 1.165) is 42.5 Å². The normalized spacial score (nSPS) is 13.6. The monoisotopic (exact) mass is 377 g/mol. The van der Waals surface area contributed by atoms with Crippen LogP contribution in [0.25, 0.3) is 0 Å². The Balaban J connectivity index is 1.86. The van der Waals surface area contributed by atoms with E-state index < -0.39 is 17.8 Å². The zero-order valence-corrected chi connectivity index (χ0v) is 15.1. The van der Waals surface area contributed by atoms with Crippen LogP contribution in [0.2, 0.25) is 0 Å². The maximum atomic E-state index is 12.5. The van der Waals surface area contributed by atoms with Gasteiger partial charge in [-0.1, -0.05) is 6.42 Å². The van der Waals surface area contributed by atoms with Gasteiger partial charge in [-0.3, -0.25) is 14.3 Å². The molecular formula is C17H19N3O5S. The number of carbonyl (C=O) groups is 3. The molecular weight excluding hydrogens is 358 g/mol. The summed E-state index contributed by atoms with van der Waals surface area (Å²) in [7, 11) is 1.32. The van der Waals surface area contributed by atoms with Crippen molar-refractivity contribution < 1.29 is 24.2 Å². The van der Waals surface area contributed by atoms with E-state index in [0.29, 0.717) is 10.6 Å². The SMILES string of the molecule is COC(=O)c1c(NC(=O)c2cnn(CC(=O)O)c2)sc2c1CCCCC2. The van der Waals surface area contributed by atoms with Crippen LogP contribution in [0.3, 0.4) is 0 Å².